The summed E-state index contributed by atoms with van der Waals surface area (Å²) in [4.78, 5) is 23.8. The van der Waals surface area contributed by atoms with Crippen LogP contribution in [0, 0.1) is 0 Å². The van der Waals surface area contributed by atoms with Gasteiger partial charge in [-0.05, 0) is 53.8 Å². The number of rotatable bonds is 10. The Hall–Kier alpha value is -3.34. The normalized spacial score (nSPS) is 11.7. The lowest BCUT2D eigenvalue weighted by Gasteiger charge is -2.10. The first-order valence-corrected chi connectivity index (χ1v) is 9.60. The number of anilines is 1. The van der Waals surface area contributed by atoms with Gasteiger partial charge in [-0.15, -0.1) is 0 Å². The first-order valence-electron chi connectivity index (χ1n) is 9.60. The van der Waals surface area contributed by atoms with E-state index in [-0.39, 0.29) is 12.5 Å². The molecular formula is C24H27NO4. The van der Waals surface area contributed by atoms with Gasteiger partial charge in [0.15, 0.2) is 6.61 Å². The average molecular weight is 393 g/mol. The van der Waals surface area contributed by atoms with Crippen LogP contribution in [-0.4, -0.2) is 25.1 Å². The van der Waals surface area contributed by atoms with Crippen LogP contribution in [0.1, 0.15) is 37.3 Å². The van der Waals surface area contributed by atoms with Crippen LogP contribution in [-0.2, 0) is 14.3 Å². The van der Waals surface area contributed by atoms with Crippen LogP contribution in [0.3, 0.4) is 0 Å². The van der Waals surface area contributed by atoms with Gasteiger partial charge in [-0.2, -0.15) is 0 Å². The first kappa shape index (κ1) is 22.0. The second-order valence-electron chi connectivity index (χ2n) is 6.59. The third-order valence-corrected chi connectivity index (χ3v) is 4.38. The molecule has 0 aliphatic rings. The van der Waals surface area contributed by atoms with Crippen molar-refractivity contribution in [1.82, 2.24) is 0 Å². The van der Waals surface area contributed by atoms with Crippen molar-refractivity contribution in [3.05, 3.63) is 78.4 Å². The van der Waals surface area contributed by atoms with Gasteiger partial charge in [-0.25, -0.2) is 4.79 Å². The maximum atomic E-state index is 12.0. The van der Waals surface area contributed by atoms with Crippen LogP contribution < -0.4 is 10.1 Å². The second kappa shape index (κ2) is 11.5. The number of esters is 1. The van der Waals surface area contributed by atoms with Crippen LogP contribution in [0.5, 0.6) is 5.75 Å². The number of amides is 1. The van der Waals surface area contributed by atoms with Gasteiger partial charge in [0.2, 0.25) is 0 Å². The number of carbonyl (C=O) groups excluding carboxylic acids is 2. The molecule has 2 aromatic carbocycles. The van der Waals surface area contributed by atoms with E-state index in [4.69, 9.17) is 9.47 Å². The Balaban J connectivity index is 1.77. The van der Waals surface area contributed by atoms with Crippen molar-refractivity contribution in [3.63, 3.8) is 0 Å². The molecule has 1 amide bonds. The van der Waals surface area contributed by atoms with Crippen molar-refractivity contribution >= 4 is 23.6 Å². The van der Waals surface area contributed by atoms with Crippen LogP contribution in [0.4, 0.5) is 5.69 Å². The van der Waals surface area contributed by atoms with Crippen LogP contribution >= 0.6 is 0 Å². The summed E-state index contributed by atoms with van der Waals surface area (Å²) in [5.41, 5.74) is 2.72. The van der Waals surface area contributed by atoms with Crippen LogP contribution in [0.25, 0.3) is 6.08 Å². The molecule has 0 heterocycles. The number of benzene rings is 2. The van der Waals surface area contributed by atoms with Gasteiger partial charge in [-0.3, -0.25) is 4.79 Å². The van der Waals surface area contributed by atoms with Gasteiger partial charge in [-0.1, -0.05) is 50.8 Å². The largest absolute Gasteiger partial charge is 0.490 e. The summed E-state index contributed by atoms with van der Waals surface area (Å²) in [5, 5.41) is 2.72. The maximum absolute atomic E-state index is 12.0. The molecule has 0 saturated heterocycles. The Morgan fingerprint density at radius 3 is 2.41 bits per heavy atom. The Morgan fingerprint density at radius 1 is 1.10 bits per heavy atom. The molecule has 152 valence electrons. The highest BCUT2D eigenvalue weighted by Gasteiger charge is 2.07. The topological polar surface area (TPSA) is 64.6 Å². The predicted molar refractivity (Wildman–Crippen MR) is 116 cm³/mol. The van der Waals surface area contributed by atoms with Crippen molar-refractivity contribution in [1.29, 1.82) is 0 Å². The molecule has 2 aromatic rings. The lowest BCUT2D eigenvalue weighted by atomic mass is 9.99. The van der Waals surface area contributed by atoms with E-state index in [9.17, 15) is 9.59 Å². The summed E-state index contributed by atoms with van der Waals surface area (Å²) in [5.74, 6) is 0.230. The number of hydrogen-bond donors (Lipinski definition) is 1. The zero-order chi connectivity index (χ0) is 21.1. The summed E-state index contributed by atoms with van der Waals surface area (Å²) in [6, 6.07) is 14.9. The molecule has 0 aliphatic carbocycles. The fourth-order valence-corrected chi connectivity index (χ4v) is 2.51. The molecule has 0 saturated carbocycles. The molecule has 0 spiro atoms. The van der Waals surface area contributed by atoms with E-state index >= 15 is 0 Å². The van der Waals surface area contributed by atoms with Crippen molar-refractivity contribution in [2.75, 3.05) is 18.5 Å². The Kier molecular flexibility index (Phi) is 8.70. The summed E-state index contributed by atoms with van der Waals surface area (Å²) >= 11 is 0. The molecule has 0 radical (unpaired) electrons. The van der Waals surface area contributed by atoms with Gasteiger partial charge in [0.25, 0.3) is 5.91 Å². The van der Waals surface area contributed by atoms with Gasteiger partial charge in [0.05, 0.1) is 0 Å². The lowest BCUT2D eigenvalue weighted by molar-refractivity contribution is -0.142. The predicted octanol–water partition coefficient (Wildman–Crippen LogP) is 4.96. The van der Waals surface area contributed by atoms with Crippen molar-refractivity contribution in [3.8, 4) is 5.75 Å². The van der Waals surface area contributed by atoms with E-state index in [1.807, 2.05) is 36.4 Å². The first-order chi connectivity index (χ1) is 14.0. The van der Waals surface area contributed by atoms with E-state index in [1.54, 1.807) is 24.3 Å². The fourth-order valence-electron chi connectivity index (χ4n) is 2.51. The Labute approximate surface area is 172 Å². The van der Waals surface area contributed by atoms with Gasteiger partial charge >= 0.3 is 5.97 Å². The molecule has 2 rings (SSSR count). The molecule has 0 fully saturated rings. The molecule has 0 bridgehead atoms. The minimum atomic E-state index is -0.584. The third-order valence-electron chi connectivity index (χ3n) is 4.38. The fraction of sp³-hybridized carbons (Fsp3) is 0.250. The minimum Gasteiger partial charge on any atom is -0.490 e. The molecule has 29 heavy (non-hydrogen) atoms. The van der Waals surface area contributed by atoms with Crippen molar-refractivity contribution in [2.24, 2.45) is 0 Å². The quantitative estimate of drug-likeness (QED) is 0.352. The van der Waals surface area contributed by atoms with Crippen LogP contribution in [0.2, 0.25) is 0 Å². The van der Waals surface area contributed by atoms with E-state index < -0.39 is 5.97 Å². The SMILES string of the molecule is C=CCOc1ccc(/C=C/C(=O)OCC(=O)Nc2ccc(C(C)CC)cc2)cc1. The molecule has 1 N–H and O–H groups in total. The van der Waals surface area contributed by atoms with Crippen LogP contribution in [0.15, 0.2) is 67.3 Å². The highest BCUT2D eigenvalue weighted by Crippen LogP contribution is 2.20. The molecule has 5 heteroatoms. The Morgan fingerprint density at radius 2 is 1.79 bits per heavy atom. The van der Waals surface area contributed by atoms with Gasteiger partial charge < -0.3 is 14.8 Å². The van der Waals surface area contributed by atoms with E-state index in [0.29, 0.717) is 18.2 Å². The zero-order valence-corrected chi connectivity index (χ0v) is 16.9. The standard InChI is InChI=1S/C24H27NO4/c1-4-16-28-22-13-6-19(7-14-22)8-15-24(27)29-17-23(26)25-21-11-9-20(10-12-21)18(3)5-2/h4,6-15,18H,1,5,16-17H2,2-3H3,(H,25,26)/b15-8+. The van der Waals surface area contributed by atoms with Gasteiger partial charge in [0.1, 0.15) is 12.4 Å². The second-order valence-corrected chi connectivity index (χ2v) is 6.59. The monoisotopic (exact) mass is 393 g/mol. The zero-order valence-electron chi connectivity index (χ0n) is 16.9. The summed E-state index contributed by atoms with van der Waals surface area (Å²) < 4.78 is 10.4. The maximum Gasteiger partial charge on any atom is 0.331 e. The molecule has 1 atom stereocenters. The number of ether oxygens (including phenoxy) is 2. The molecule has 1 unspecified atom stereocenters. The summed E-state index contributed by atoms with van der Waals surface area (Å²) in [7, 11) is 0. The van der Waals surface area contributed by atoms with Gasteiger partial charge in [0, 0.05) is 11.8 Å². The van der Waals surface area contributed by atoms with Crippen molar-refractivity contribution < 1.29 is 19.1 Å². The smallest absolute Gasteiger partial charge is 0.331 e. The average Bonchev–Trinajstić information content (AvgIpc) is 2.75. The Bertz CT molecular complexity index is 838. The van der Waals surface area contributed by atoms with E-state index in [1.165, 1.54) is 11.6 Å². The number of carbonyl (C=O) groups is 2. The number of nitrogens with one attached hydrogen (secondary N) is 1. The summed E-state index contributed by atoms with van der Waals surface area (Å²) in [6.45, 7) is 7.98. The molecule has 0 aromatic heterocycles. The van der Waals surface area contributed by atoms with E-state index in [2.05, 4.69) is 25.7 Å². The third kappa shape index (κ3) is 7.66. The summed E-state index contributed by atoms with van der Waals surface area (Å²) in [6.07, 6.45) is 5.63. The lowest BCUT2D eigenvalue weighted by Crippen LogP contribution is -2.20. The molecule has 5 nitrogen and oxygen atoms in total. The van der Waals surface area contributed by atoms with Crippen molar-refractivity contribution in [2.45, 2.75) is 26.2 Å². The molecule has 0 aliphatic heterocycles. The highest BCUT2D eigenvalue weighted by molar-refractivity contribution is 5.94. The highest BCUT2D eigenvalue weighted by atomic mass is 16.5. The molecular weight excluding hydrogens is 366 g/mol. The number of hydrogen-bond acceptors (Lipinski definition) is 4. The minimum absolute atomic E-state index is 0.343. The van der Waals surface area contributed by atoms with E-state index in [0.717, 1.165) is 17.7 Å².